The minimum atomic E-state index is -0.143. The van der Waals surface area contributed by atoms with Crippen LogP contribution in [0.25, 0.3) is 5.69 Å². The summed E-state index contributed by atoms with van der Waals surface area (Å²) in [5.41, 5.74) is 2.70. The first-order valence-electron chi connectivity index (χ1n) is 9.12. The SMILES string of the molecule is CC(C)COc1ccccc1[C@@H]1CC(=O)Nc2c1ncn2-c1cccnc1. The maximum Gasteiger partial charge on any atom is 0.226 e. The Hall–Kier alpha value is -3.15. The van der Waals surface area contributed by atoms with Crippen LogP contribution in [0.4, 0.5) is 5.82 Å². The van der Waals surface area contributed by atoms with Crippen molar-refractivity contribution in [1.82, 2.24) is 14.5 Å². The molecule has 1 aliphatic rings. The van der Waals surface area contributed by atoms with Gasteiger partial charge in [-0.05, 0) is 24.1 Å². The quantitative estimate of drug-likeness (QED) is 0.750. The van der Waals surface area contributed by atoms with Crippen molar-refractivity contribution in [3.05, 3.63) is 66.4 Å². The van der Waals surface area contributed by atoms with Crippen LogP contribution in [0.15, 0.2) is 55.1 Å². The van der Waals surface area contributed by atoms with Gasteiger partial charge in [-0.25, -0.2) is 4.98 Å². The van der Waals surface area contributed by atoms with Crippen LogP contribution >= 0.6 is 0 Å². The molecule has 0 saturated carbocycles. The molecular weight excluding hydrogens is 340 g/mol. The smallest absolute Gasteiger partial charge is 0.226 e. The van der Waals surface area contributed by atoms with E-state index in [0.717, 1.165) is 22.7 Å². The standard InChI is InChI=1S/C21H22N4O2/c1-14(2)12-27-18-8-4-3-7-16(18)17-10-19(26)24-21-20(17)23-13-25(21)15-6-5-9-22-11-15/h3-9,11,13-14,17H,10,12H2,1-2H3,(H,24,26)/t17-/m0/s1. The van der Waals surface area contributed by atoms with Crippen molar-refractivity contribution in [3.63, 3.8) is 0 Å². The number of fused-ring (bicyclic) bond motifs is 1. The third kappa shape index (κ3) is 3.43. The molecular formula is C21H22N4O2. The zero-order valence-electron chi connectivity index (χ0n) is 15.4. The Morgan fingerprint density at radius 2 is 2.11 bits per heavy atom. The number of carbonyl (C=O) groups excluding carboxylic acids is 1. The summed E-state index contributed by atoms with van der Waals surface area (Å²) < 4.78 is 7.88. The number of aromatic nitrogens is 3. The Kier molecular flexibility index (Phi) is 4.62. The number of carbonyl (C=O) groups is 1. The zero-order valence-corrected chi connectivity index (χ0v) is 15.4. The fourth-order valence-electron chi connectivity index (χ4n) is 3.31. The highest BCUT2D eigenvalue weighted by Gasteiger charge is 2.32. The lowest BCUT2D eigenvalue weighted by molar-refractivity contribution is -0.116. The molecule has 0 spiro atoms. The van der Waals surface area contributed by atoms with Gasteiger partial charge in [-0.3, -0.25) is 14.3 Å². The largest absolute Gasteiger partial charge is 0.493 e. The lowest BCUT2D eigenvalue weighted by Gasteiger charge is -2.25. The van der Waals surface area contributed by atoms with E-state index in [-0.39, 0.29) is 11.8 Å². The molecule has 0 unspecified atom stereocenters. The lowest BCUT2D eigenvalue weighted by atomic mass is 9.89. The van der Waals surface area contributed by atoms with Gasteiger partial charge in [-0.1, -0.05) is 32.0 Å². The van der Waals surface area contributed by atoms with Crippen molar-refractivity contribution < 1.29 is 9.53 Å². The van der Waals surface area contributed by atoms with Gasteiger partial charge in [0.1, 0.15) is 17.9 Å². The summed E-state index contributed by atoms with van der Waals surface area (Å²) >= 11 is 0. The molecule has 0 bridgehead atoms. The molecule has 2 aromatic heterocycles. The van der Waals surface area contributed by atoms with Gasteiger partial charge < -0.3 is 10.1 Å². The van der Waals surface area contributed by atoms with Crippen molar-refractivity contribution in [3.8, 4) is 11.4 Å². The number of nitrogens with zero attached hydrogens (tertiary/aromatic N) is 3. The van der Waals surface area contributed by atoms with Crippen LogP contribution < -0.4 is 10.1 Å². The van der Waals surface area contributed by atoms with Gasteiger partial charge in [0.25, 0.3) is 0 Å². The summed E-state index contributed by atoms with van der Waals surface area (Å²) in [6.07, 6.45) is 5.55. The normalized spacial score (nSPS) is 16.1. The zero-order chi connectivity index (χ0) is 18.8. The van der Waals surface area contributed by atoms with Crippen molar-refractivity contribution >= 4 is 11.7 Å². The molecule has 0 radical (unpaired) electrons. The Morgan fingerprint density at radius 1 is 1.26 bits per heavy atom. The first-order valence-corrected chi connectivity index (χ1v) is 9.12. The average molecular weight is 362 g/mol. The number of para-hydroxylation sites is 1. The Labute approximate surface area is 158 Å². The number of benzene rings is 1. The molecule has 3 heterocycles. The molecule has 6 nitrogen and oxygen atoms in total. The minimum absolute atomic E-state index is 0.0307. The summed E-state index contributed by atoms with van der Waals surface area (Å²) in [5, 5.41) is 2.97. The summed E-state index contributed by atoms with van der Waals surface area (Å²) in [6, 6.07) is 11.7. The van der Waals surface area contributed by atoms with Gasteiger partial charge in [-0.15, -0.1) is 0 Å². The number of imidazole rings is 1. The van der Waals surface area contributed by atoms with E-state index in [2.05, 4.69) is 29.1 Å². The van der Waals surface area contributed by atoms with Gasteiger partial charge in [0.2, 0.25) is 5.91 Å². The topological polar surface area (TPSA) is 69.0 Å². The fourth-order valence-corrected chi connectivity index (χ4v) is 3.31. The summed E-state index contributed by atoms with van der Waals surface area (Å²) in [7, 11) is 0. The predicted molar refractivity (Wildman–Crippen MR) is 103 cm³/mol. The van der Waals surface area contributed by atoms with Crippen molar-refractivity contribution in [2.75, 3.05) is 11.9 Å². The van der Waals surface area contributed by atoms with E-state index < -0.39 is 0 Å². The van der Waals surface area contributed by atoms with E-state index in [0.29, 0.717) is 24.8 Å². The van der Waals surface area contributed by atoms with E-state index in [1.54, 1.807) is 18.7 Å². The van der Waals surface area contributed by atoms with Crippen LogP contribution in [0.1, 0.15) is 37.4 Å². The van der Waals surface area contributed by atoms with Gasteiger partial charge in [0.15, 0.2) is 0 Å². The molecule has 0 aliphatic carbocycles. The molecule has 1 atom stereocenters. The van der Waals surface area contributed by atoms with Crippen LogP contribution in [0.2, 0.25) is 0 Å². The predicted octanol–water partition coefficient (Wildman–Crippen LogP) is 3.78. The van der Waals surface area contributed by atoms with Crippen molar-refractivity contribution in [2.24, 2.45) is 5.92 Å². The second kappa shape index (κ2) is 7.23. The maximum atomic E-state index is 12.5. The number of pyridine rings is 1. The van der Waals surface area contributed by atoms with E-state index in [1.165, 1.54) is 0 Å². The van der Waals surface area contributed by atoms with Gasteiger partial charge >= 0.3 is 0 Å². The number of amides is 1. The molecule has 1 amide bonds. The molecule has 1 aromatic carbocycles. The second-order valence-corrected chi connectivity index (χ2v) is 7.11. The summed E-state index contributed by atoms with van der Waals surface area (Å²) in [4.78, 5) is 21.2. The first kappa shape index (κ1) is 17.3. The highest BCUT2D eigenvalue weighted by molar-refractivity contribution is 5.94. The van der Waals surface area contributed by atoms with Crippen LogP contribution in [0.3, 0.4) is 0 Å². The van der Waals surface area contributed by atoms with Crippen molar-refractivity contribution in [2.45, 2.75) is 26.2 Å². The first-order chi connectivity index (χ1) is 13.1. The molecule has 6 heteroatoms. The van der Waals surface area contributed by atoms with Crippen LogP contribution in [0.5, 0.6) is 5.75 Å². The lowest BCUT2D eigenvalue weighted by Crippen LogP contribution is -2.25. The third-order valence-electron chi connectivity index (χ3n) is 4.56. The van der Waals surface area contributed by atoms with Crippen LogP contribution in [-0.4, -0.2) is 27.0 Å². The number of hydrogen-bond acceptors (Lipinski definition) is 4. The average Bonchev–Trinajstić information content (AvgIpc) is 3.10. The monoisotopic (exact) mass is 362 g/mol. The minimum Gasteiger partial charge on any atom is -0.493 e. The molecule has 1 N–H and O–H groups in total. The van der Waals surface area contributed by atoms with E-state index in [1.807, 2.05) is 41.0 Å². The molecule has 138 valence electrons. The Bertz CT molecular complexity index is 950. The number of rotatable bonds is 5. The number of nitrogens with one attached hydrogen (secondary N) is 1. The Morgan fingerprint density at radius 3 is 2.89 bits per heavy atom. The number of hydrogen-bond donors (Lipinski definition) is 1. The molecule has 27 heavy (non-hydrogen) atoms. The molecule has 3 aromatic rings. The Balaban J connectivity index is 1.75. The molecule has 1 aliphatic heterocycles. The van der Waals surface area contributed by atoms with E-state index in [9.17, 15) is 4.79 Å². The fraction of sp³-hybridized carbons (Fsp3) is 0.286. The molecule has 0 saturated heterocycles. The van der Waals surface area contributed by atoms with E-state index >= 15 is 0 Å². The van der Waals surface area contributed by atoms with Crippen LogP contribution in [0, 0.1) is 5.92 Å². The molecule has 4 rings (SSSR count). The van der Waals surface area contributed by atoms with Gasteiger partial charge in [0, 0.05) is 24.1 Å². The van der Waals surface area contributed by atoms with Crippen molar-refractivity contribution in [1.29, 1.82) is 0 Å². The highest BCUT2D eigenvalue weighted by atomic mass is 16.5. The van der Waals surface area contributed by atoms with Gasteiger partial charge in [0.05, 0.1) is 24.2 Å². The highest BCUT2D eigenvalue weighted by Crippen LogP contribution is 2.40. The third-order valence-corrected chi connectivity index (χ3v) is 4.56. The van der Waals surface area contributed by atoms with Crippen LogP contribution in [-0.2, 0) is 4.79 Å². The van der Waals surface area contributed by atoms with E-state index in [4.69, 9.17) is 4.74 Å². The summed E-state index contributed by atoms with van der Waals surface area (Å²) in [6.45, 7) is 4.86. The van der Waals surface area contributed by atoms with Gasteiger partial charge in [-0.2, -0.15) is 0 Å². The number of ether oxygens (including phenoxy) is 1. The second-order valence-electron chi connectivity index (χ2n) is 7.11. The molecule has 0 fully saturated rings. The summed E-state index contributed by atoms with van der Waals surface area (Å²) in [5.74, 6) is 1.76. The maximum absolute atomic E-state index is 12.5. The number of anilines is 1.